The van der Waals surface area contributed by atoms with Crippen molar-refractivity contribution in [1.29, 1.82) is 0 Å². The molecule has 1 aliphatic rings. The van der Waals surface area contributed by atoms with Gasteiger partial charge in [-0.2, -0.15) is 5.10 Å². The van der Waals surface area contributed by atoms with E-state index < -0.39 is 0 Å². The average Bonchev–Trinajstić information content (AvgIpc) is 3.30. The summed E-state index contributed by atoms with van der Waals surface area (Å²) in [7, 11) is 0. The molecule has 0 bridgehead atoms. The average molecular weight is 361 g/mol. The Morgan fingerprint density at radius 3 is 3.17 bits per heavy atom. The third kappa shape index (κ3) is 3.22. The molecule has 1 aliphatic heterocycles. The fourth-order valence-electron chi connectivity index (χ4n) is 2.95. The molecule has 1 unspecified atom stereocenters. The van der Waals surface area contributed by atoms with Crippen molar-refractivity contribution in [3.8, 4) is 0 Å². The van der Waals surface area contributed by atoms with Crippen molar-refractivity contribution < 1.29 is 4.79 Å². The van der Waals surface area contributed by atoms with Crippen LogP contribution in [0.3, 0.4) is 0 Å². The molecule has 1 atom stereocenters. The van der Waals surface area contributed by atoms with Crippen LogP contribution in [0, 0.1) is 6.92 Å². The van der Waals surface area contributed by atoms with Gasteiger partial charge in [-0.1, -0.05) is 11.3 Å². The Morgan fingerprint density at radius 1 is 1.46 bits per heavy atom. The molecular weight excluding hydrogens is 342 g/mol. The highest BCUT2D eigenvalue weighted by Crippen LogP contribution is 2.29. The molecule has 126 valence electrons. The van der Waals surface area contributed by atoms with Crippen LogP contribution in [0.2, 0.25) is 0 Å². The van der Waals surface area contributed by atoms with Gasteiger partial charge < -0.3 is 10.6 Å². The van der Waals surface area contributed by atoms with E-state index in [9.17, 15) is 4.79 Å². The third-order valence-electron chi connectivity index (χ3n) is 4.12. The molecule has 1 saturated heterocycles. The van der Waals surface area contributed by atoms with Gasteiger partial charge in [-0.3, -0.25) is 4.79 Å². The number of fused-ring (bicyclic) bond motifs is 1. The summed E-state index contributed by atoms with van der Waals surface area (Å²) in [5.74, 6) is -0.000706. The molecule has 24 heavy (non-hydrogen) atoms. The van der Waals surface area contributed by atoms with E-state index in [0.29, 0.717) is 19.0 Å². The molecule has 1 amide bonds. The van der Waals surface area contributed by atoms with E-state index >= 15 is 0 Å². The van der Waals surface area contributed by atoms with Crippen molar-refractivity contribution >= 4 is 33.5 Å². The first-order valence-corrected chi connectivity index (χ1v) is 9.75. The maximum Gasteiger partial charge on any atom is 0.261 e. The number of aromatic nitrogens is 3. The Bertz CT molecular complexity index is 827. The molecule has 0 radical (unpaired) electrons. The summed E-state index contributed by atoms with van der Waals surface area (Å²) in [6.45, 7) is 3.62. The first-order chi connectivity index (χ1) is 11.7. The number of carbonyl (C=O) groups excluding carboxylic acids is 1. The third-order valence-corrected chi connectivity index (χ3v) is 6.15. The molecule has 4 rings (SSSR count). The summed E-state index contributed by atoms with van der Waals surface area (Å²) in [4.78, 5) is 19.7. The summed E-state index contributed by atoms with van der Waals surface area (Å²) in [5, 5.41) is 11.8. The van der Waals surface area contributed by atoms with Crippen LogP contribution in [0.4, 0.5) is 0 Å². The zero-order chi connectivity index (χ0) is 16.5. The van der Waals surface area contributed by atoms with E-state index in [4.69, 9.17) is 0 Å². The largest absolute Gasteiger partial charge is 0.351 e. The van der Waals surface area contributed by atoms with Crippen molar-refractivity contribution in [2.45, 2.75) is 32.2 Å². The topological polar surface area (TPSA) is 71.3 Å². The molecule has 6 nitrogen and oxygen atoms in total. The summed E-state index contributed by atoms with van der Waals surface area (Å²) >= 11 is 3.16. The van der Waals surface area contributed by atoms with E-state index in [2.05, 4.69) is 26.8 Å². The Labute approximate surface area is 147 Å². The molecule has 4 heterocycles. The van der Waals surface area contributed by atoms with Gasteiger partial charge in [0.15, 0.2) is 0 Å². The van der Waals surface area contributed by atoms with Crippen LogP contribution in [-0.4, -0.2) is 33.6 Å². The van der Waals surface area contributed by atoms with Crippen LogP contribution in [0.5, 0.6) is 0 Å². The Morgan fingerprint density at radius 2 is 2.38 bits per heavy atom. The normalized spacial score (nSPS) is 17.6. The SMILES string of the molecule is Cc1nn2cc(CCNC(=O)c3ccc(C4CCCN4)s3)nc2s1. The number of nitrogens with one attached hydrogen (secondary N) is 2. The van der Waals surface area contributed by atoms with Crippen LogP contribution >= 0.6 is 22.7 Å². The lowest BCUT2D eigenvalue weighted by Crippen LogP contribution is -2.24. The maximum absolute atomic E-state index is 12.3. The molecule has 0 saturated carbocycles. The number of rotatable bonds is 5. The van der Waals surface area contributed by atoms with Gasteiger partial charge in [0.25, 0.3) is 5.91 Å². The summed E-state index contributed by atoms with van der Waals surface area (Å²) < 4.78 is 1.80. The van der Waals surface area contributed by atoms with Gasteiger partial charge in [-0.25, -0.2) is 9.50 Å². The Hall–Kier alpha value is -1.77. The predicted molar refractivity (Wildman–Crippen MR) is 95.9 cm³/mol. The second kappa shape index (κ2) is 6.62. The van der Waals surface area contributed by atoms with Gasteiger partial charge >= 0.3 is 0 Å². The van der Waals surface area contributed by atoms with E-state index in [1.54, 1.807) is 27.2 Å². The highest BCUT2D eigenvalue weighted by Gasteiger charge is 2.19. The molecule has 3 aromatic heterocycles. The zero-order valence-electron chi connectivity index (χ0n) is 13.4. The quantitative estimate of drug-likeness (QED) is 0.733. The fourth-order valence-corrected chi connectivity index (χ4v) is 4.72. The second-order valence-electron chi connectivity index (χ2n) is 5.94. The van der Waals surface area contributed by atoms with Gasteiger partial charge in [0.1, 0.15) is 5.01 Å². The van der Waals surface area contributed by atoms with Crippen molar-refractivity contribution in [3.63, 3.8) is 0 Å². The molecule has 8 heteroatoms. The number of thiophene rings is 1. The van der Waals surface area contributed by atoms with E-state index in [1.165, 1.54) is 11.3 Å². The van der Waals surface area contributed by atoms with Crippen LogP contribution < -0.4 is 10.6 Å². The summed E-state index contributed by atoms with van der Waals surface area (Å²) in [6.07, 6.45) is 5.01. The van der Waals surface area contributed by atoms with Gasteiger partial charge in [0.05, 0.1) is 16.8 Å². The molecule has 3 aromatic rings. The van der Waals surface area contributed by atoms with E-state index in [0.717, 1.165) is 33.5 Å². The molecule has 0 aromatic carbocycles. The minimum atomic E-state index is -0.000706. The summed E-state index contributed by atoms with van der Waals surface area (Å²) in [6, 6.07) is 4.42. The van der Waals surface area contributed by atoms with Crippen LogP contribution in [0.25, 0.3) is 4.96 Å². The lowest BCUT2D eigenvalue weighted by atomic mass is 10.2. The summed E-state index contributed by atoms with van der Waals surface area (Å²) in [5.41, 5.74) is 0.955. The van der Waals surface area contributed by atoms with Crippen molar-refractivity contribution in [1.82, 2.24) is 25.2 Å². The van der Waals surface area contributed by atoms with E-state index in [-0.39, 0.29) is 5.91 Å². The number of carbonyl (C=O) groups is 1. The number of imidazole rings is 1. The van der Waals surface area contributed by atoms with Crippen molar-refractivity contribution in [2.24, 2.45) is 0 Å². The van der Waals surface area contributed by atoms with Gasteiger partial charge in [-0.15, -0.1) is 11.3 Å². The number of nitrogens with zero attached hydrogens (tertiary/aromatic N) is 3. The first kappa shape index (κ1) is 15.7. The van der Waals surface area contributed by atoms with Crippen LogP contribution in [-0.2, 0) is 6.42 Å². The maximum atomic E-state index is 12.3. The molecular formula is C16H19N5OS2. The number of aryl methyl sites for hydroxylation is 1. The van der Waals surface area contributed by atoms with Crippen molar-refractivity contribution in [3.05, 3.63) is 38.8 Å². The lowest BCUT2D eigenvalue weighted by molar-refractivity contribution is 0.0958. The molecule has 0 aliphatic carbocycles. The minimum absolute atomic E-state index is 0.000706. The predicted octanol–water partition coefficient (Wildman–Crippen LogP) is 2.56. The van der Waals surface area contributed by atoms with Crippen LogP contribution in [0.15, 0.2) is 18.3 Å². The highest BCUT2D eigenvalue weighted by molar-refractivity contribution is 7.16. The number of hydrogen-bond acceptors (Lipinski definition) is 6. The number of hydrogen-bond donors (Lipinski definition) is 2. The minimum Gasteiger partial charge on any atom is -0.351 e. The Balaban J connectivity index is 1.31. The molecule has 1 fully saturated rings. The second-order valence-corrected chi connectivity index (χ2v) is 8.21. The monoisotopic (exact) mass is 361 g/mol. The van der Waals surface area contributed by atoms with Gasteiger partial charge in [-0.05, 0) is 38.4 Å². The highest BCUT2D eigenvalue weighted by atomic mass is 32.1. The van der Waals surface area contributed by atoms with Crippen molar-refractivity contribution in [2.75, 3.05) is 13.1 Å². The van der Waals surface area contributed by atoms with Crippen LogP contribution in [0.1, 0.15) is 44.1 Å². The Kier molecular flexibility index (Phi) is 4.34. The van der Waals surface area contributed by atoms with Gasteiger partial charge in [0.2, 0.25) is 4.96 Å². The fraction of sp³-hybridized carbons (Fsp3) is 0.438. The van der Waals surface area contributed by atoms with E-state index in [1.807, 2.05) is 19.2 Å². The smallest absolute Gasteiger partial charge is 0.261 e. The van der Waals surface area contributed by atoms with Gasteiger partial charge in [0, 0.05) is 23.9 Å². The standard InChI is InChI=1S/C16H19N5OS2/c1-10-20-21-9-11(19-16(21)23-10)6-8-18-15(22)14-5-4-13(24-14)12-3-2-7-17-12/h4-5,9,12,17H,2-3,6-8H2,1H3,(H,18,22). The zero-order valence-corrected chi connectivity index (χ0v) is 15.0. The molecule has 2 N–H and O–H groups in total. The molecule has 0 spiro atoms. The first-order valence-electron chi connectivity index (χ1n) is 8.12. The number of amides is 1. The lowest BCUT2D eigenvalue weighted by Gasteiger charge is -2.06.